The maximum absolute atomic E-state index is 10.5. The van der Waals surface area contributed by atoms with E-state index in [1.165, 1.54) is 133 Å². The molecule has 0 saturated heterocycles. The molecule has 10 nitrogen and oxygen atoms in total. The van der Waals surface area contributed by atoms with Crippen molar-refractivity contribution in [3.05, 3.63) is 16.6 Å². The van der Waals surface area contributed by atoms with Gasteiger partial charge in [-0.1, -0.05) is 37.2 Å². The molecule has 0 radical (unpaired) electrons. The first-order valence-electron chi connectivity index (χ1n) is 24.9. The number of hydrogen-bond donors (Lipinski definition) is 2. The summed E-state index contributed by atoms with van der Waals surface area (Å²) in [6.45, 7) is 15.4. The van der Waals surface area contributed by atoms with Crippen LogP contribution in [-0.4, -0.2) is 80.4 Å². The summed E-state index contributed by atoms with van der Waals surface area (Å²) in [7, 11) is 0. The van der Waals surface area contributed by atoms with Crippen molar-refractivity contribution < 1.29 is 19.8 Å². The minimum absolute atomic E-state index is 0.289. The Hall–Kier alpha value is -1.45. The van der Waals surface area contributed by atoms with Crippen LogP contribution < -0.4 is 3.71 Å². The Bertz CT molecular complexity index is 1180. The molecule has 0 aliphatic heterocycles. The minimum Gasteiger partial charge on any atom is -0.481 e. The Kier molecular flexibility index (Phi) is 44.6. The number of carbonyl (C=O) groups is 2. The first kappa shape index (κ1) is 60.6. The van der Waals surface area contributed by atoms with Gasteiger partial charge in [-0.2, -0.15) is 0 Å². The molecule has 348 valence electrons. The molecule has 0 unspecified atom stereocenters. The average molecular weight is 1060 g/mol. The van der Waals surface area contributed by atoms with Crippen LogP contribution in [0.25, 0.3) is 10.4 Å². The summed E-state index contributed by atoms with van der Waals surface area (Å²) in [5.41, 5.74) is 8.02. The quantitative estimate of drug-likeness (QED) is 0.0167. The van der Waals surface area contributed by atoms with Gasteiger partial charge in [0.25, 0.3) is 0 Å². The van der Waals surface area contributed by atoms with Crippen LogP contribution >= 0.6 is 0 Å². The van der Waals surface area contributed by atoms with Gasteiger partial charge in [0, 0.05) is 17.9 Å². The maximum atomic E-state index is 10.5. The van der Waals surface area contributed by atoms with Gasteiger partial charge in [-0.3, -0.25) is 9.59 Å². The molecule has 0 atom stereocenters. The van der Waals surface area contributed by atoms with Gasteiger partial charge in [-0.15, -0.1) is 0 Å². The van der Waals surface area contributed by atoms with E-state index in [9.17, 15) is 9.59 Å². The Morgan fingerprint density at radius 2 is 0.983 bits per heavy atom. The van der Waals surface area contributed by atoms with E-state index in [1.807, 2.05) is 0 Å². The molecule has 60 heavy (non-hydrogen) atoms. The zero-order chi connectivity index (χ0) is 45.0. The van der Waals surface area contributed by atoms with Crippen molar-refractivity contribution in [1.82, 2.24) is 15.0 Å². The third kappa shape index (κ3) is 35.1. The summed E-state index contributed by atoms with van der Waals surface area (Å²) in [4.78, 5) is 23.4. The van der Waals surface area contributed by atoms with Gasteiger partial charge in [0.15, 0.2) is 0 Å². The minimum atomic E-state index is -2.43. The summed E-state index contributed by atoms with van der Waals surface area (Å²) in [6, 6.07) is 0. The van der Waals surface area contributed by atoms with Crippen LogP contribution in [0.1, 0.15) is 221 Å². The van der Waals surface area contributed by atoms with Crippen LogP contribution in [0.4, 0.5) is 0 Å². The van der Waals surface area contributed by atoms with Crippen LogP contribution in [-0.2, 0) is 16.1 Å². The molecular formula is C48H94N6O4Sn2. The van der Waals surface area contributed by atoms with Crippen LogP contribution in [0.15, 0.2) is 11.3 Å². The third-order valence-corrected chi connectivity index (χ3v) is 39.9. The molecule has 0 amide bonds. The summed E-state index contributed by atoms with van der Waals surface area (Å²) >= 11 is -4.51. The standard InChI is InChI=1S/C12H20N3O2.C10H19N3O2.6C4H9.C2H.2Sn/c16-12(17)8-6-4-2-1-3-5-7-10-15-11-9-13-14-15;11-13-12-9-7-5-3-1-2-4-6-8-10(14)15;6*1-3-4-2;1-2;;/h11H,1-8,10H2,(H,16,17);1-9H2,(H,14,15);6*1,3-4H2,2H3;1H;;. The van der Waals surface area contributed by atoms with Crippen molar-refractivity contribution in [3.8, 4) is 10.4 Å². The first-order valence-corrected chi connectivity index (χ1v) is 39.9. The summed E-state index contributed by atoms with van der Waals surface area (Å²) in [6.07, 6.45) is 40.0. The van der Waals surface area contributed by atoms with Crippen molar-refractivity contribution in [2.24, 2.45) is 5.11 Å². The number of aryl methyl sites for hydroxylation is 1. The van der Waals surface area contributed by atoms with Crippen molar-refractivity contribution in [2.45, 2.75) is 254 Å². The molecular weight excluding hydrogens is 962 g/mol. The molecule has 1 aromatic heterocycles. The number of azide groups is 1. The molecule has 0 spiro atoms. The molecule has 0 aliphatic carbocycles. The van der Waals surface area contributed by atoms with Gasteiger partial charge in [-0.25, -0.2) is 0 Å². The fourth-order valence-electron chi connectivity index (χ4n) is 7.91. The Balaban J connectivity index is 0. The van der Waals surface area contributed by atoms with Crippen LogP contribution in [0, 0.1) is 10.4 Å². The molecule has 0 aliphatic rings. The van der Waals surface area contributed by atoms with Crippen LogP contribution in [0.3, 0.4) is 0 Å². The SMILES string of the molecule is C#[C][Sn]([CH2]CCC)([CH2]CCC)[CH2]CCC.CCC[CH2][Sn]([CH2]CCC)([CH2]CCC)[c]1cn(CCCCCCCCCC(=O)O)nn1.[N-]=[N+]=NCCCCCCCCCC(=O)O. The van der Waals surface area contributed by atoms with E-state index >= 15 is 0 Å². The van der Waals surface area contributed by atoms with E-state index in [0.717, 1.165) is 70.8 Å². The summed E-state index contributed by atoms with van der Waals surface area (Å²) in [5.74, 6) is -1.38. The normalized spacial score (nSPS) is 11.2. The van der Waals surface area contributed by atoms with Gasteiger partial charge in [-0.05, 0) is 18.4 Å². The van der Waals surface area contributed by atoms with Gasteiger partial charge in [0.1, 0.15) is 0 Å². The van der Waals surface area contributed by atoms with Gasteiger partial charge >= 0.3 is 287 Å². The molecule has 0 aromatic carbocycles. The number of carboxylic acid groups (broad SMARTS) is 2. The van der Waals surface area contributed by atoms with E-state index < -0.39 is 48.7 Å². The van der Waals surface area contributed by atoms with Gasteiger partial charge in [0.2, 0.25) is 0 Å². The van der Waals surface area contributed by atoms with Gasteiger partial charge in [0.05, 0.1) is 0 Å². The molecule has 12 heteroatoms. The molecule has 0 saturated carbocycles. The number of carboxylic acids is 2. The monoisotopic (exact) mass is 1060 g/mol. The average Bonchev–Trinajstić information content (AvgIpc) is 3.73. The van der Waals surface area contributed by atoms with E-state index in [1.54, 1.807) is 0 Å². The van der Waals surface area contributed by atoms with E-state index in [-0.39, 0.29) is 6.42 Å². The van der Waals surface area contributed by atoms with Crippen molar-refractivity contribution in [3.63, 3.8) is 0 Å². The second-order valence-corrected chi connectivity index (χ2v) is 42.8. The Morgan fingerprint density at radius 3 is 1.35 bits per heavy atom. The molecule has 2 N–H and O–H groups in total. The smallest absolute Gasteiger partial charge is 0.303 e. The zero-order valence-corrected chi connectivity index (χ0v) is 45.7. The second kappa shape index (κ2) is 44.2. The predicted molar refractivity (Wildman–Crippen MR) is 261 cm³/mol. The Labute approximate surface area is 377 Å². The van der Waals surface area contributed by atoms with Crippen LogP contribution in [0.5, 0.6) is 0 Å². The van der Waals surface area contributed by atoms with Crippen LogP contribution in [0.2, 0.25) is 26.6 Å². The fraction of sp³-hybridized carbons (Fsp3) is 0.875. The summed E-state index contributed by atoms with van der Waals surface area (Å²) < 4.78 is 15.6. The number of unbranched alkanes of at least 4 members (excludes halogenated alkanes) is 18. The van der Waals surface area contributed by atoms with Gasteiger partial charge < -0.3 is 10.2 Å². The second-order valence-electron chi connectivity index (χ2n) is 17.4. The number of rotatable bonds is 39. The number of nitrogens with zero attached hydrogens (tertiary/aromatic N) is 6. The van der Waals surface area contributed by atoms with E-state index in [4.69, 9.17) is 27.3 Å². The molecule has 1 rings (SSSR count). The predicted octanol–water partition coefficient (Wildman–Crippen LogP) is 15.0. The molecule has 1 heterocycles. The fourth-order valence-corrected chi connectivity index (χ4v) is 35.2. The number of aliphatic carboxylic acids is 2. The number of hydrogen-bond acceptors (Lipinski definition) is 5. The topological polar surface area (TPSA) is 154 Å². The van der Waals surface area contributed by atoms with Crippen molar-refractivity contribution >= 4 is 52.4 Å². The van der Waals surface area contributed by atoms with Crippen molar-refractivity contribution in [1.29, 1.82) is 0 Å². The number of terminal acetylenes is 1. The third-order valence-electron chi connectivity index (χ3n) is 11.9. The van der Waals surface area contributed by atoms with Crippen molar-refractivity contribution in [2.75, 3.05) is 6.54 Å². The molecule has 0 bridgehead atoms. The zero-order valence-electron chi connectivity index (χ0n) is 40.0. The Morgan fingerprint density at radius 1 is 0.617 bits per heavy atom. The van der Waals surface area contributed by atoms with E-state index in [0.29, 0.717) is 13.0 Å². The molecule has 1 aromatic rings. The first-order chi connectivity index (χ1) is 29.1. The molecule has 0 fully saturated rings. The number of aromatic nitrogens is 3. The van der Waals surface area contributed by atoms with E-state index in [2.05, 4.69) is 71.6 Å². The maximum Gasteiger partial charge on any atom is 0.303 e. The summed E-state index contributed by atoms with van der Waals surface area (Å²) in [5, 5.41) is 29.8. The largest absolute Gasteiger partial charge is 0.481 e.